The Kier molecular flexibility index (Phi) is 5.74. The molecule has 0 fully saturated rings. The normalized spacial score (nSPS) is 21.4. The summed E-state index contributed by atoms with van der Waals surface area (Å²) in [7, 11) is 0. The predicted octanol–water partition coefficient (Wildman–Crippen LogP) is 5.24. The highest BCUT2D eigenvalue weighted by atomic mass is 19.1. The van der Waals surface area contributed by atoms with Gasteiger partial charge in [0.1, 0.15) is 29.4 Å². The zero-order valence-electron chi connectivity index (χ0n) is 18.0. The molecule has 1 aromatic carbocycles. The fourth-order valence-electron chi connectivity index (χ4n) is 3.54. The van der Waals surface area contributed by atoms with Crippen LogP contribution >= 0.6 is 0 Å². The van der Waals surface area contributed by atoms with E-state index >= 15 is 0 Å². The number of carbonyl (C=O) groups excluding carboxylic acids is 1. The summed E-state index contributed by atoms with van der Waals surface area (Å²) in [5.41, 5.74) is 1.44. The van der Waals surface area contributed by atoms with Crippen LogP contribution in [0, 0.1) is 11.2 Å². The van der Waals surface area contributed by atoms with Crippen LogP contribution in [0.25, 0.3) is 0 Å². The first kappa shape index (κ1) is 21.3. The van der Waals surface area contributed by atoms with Crippen molar-refractivity contribution < 1.29 is 23.4 Å². The number of fused-ring (bicyclic) bond motifs is 1. The highest BCUT2D eigenvalue weighted by molar-refractivity contribution is 6.08. The number of nitrogens with zero attached hydrogens (tertiary/aromatic N) is 1. The number of aliphatic imine (C=N–C) groups is 1. The van der Waals surface area contributed by atoms with Crippen molar-refractivity contribution in [2.24, 2.45) is 10.4 Å². The summed E-state index contributed by atoms with van der Waals surface area (Å²) in [5.74, 6) is 0.388. The minimum atomic E-state index is -0.700. The van der Waals surface area contributed by atoms with Gasteiger partial charge in [-0.1, -0.05) is 20.8 Å². The molecular formula is C23H30FNO4. The summed E-state index contributed by atoms with van der Waals surface area (Å²) in [5, 5.41) is 0. The van der Waals surface area contributed by atoms with E-state index in [2.05, 4.69) is 25.8 Å². The standard InChI is InChI=1S/C23H30FNO4/c1-22(2,3)20-19-16(11-12-25-20)17(24)9-10-18(19)27-14-7-8-15(13-14)28-21(26)29-23(4,5)6/h7-10,14-15H,11-13H2,1-6H3/t14-,15+/m1/s1. The maximum absolute atomic E-state index is 14.5. The molecule has 6 heteroatoms. The fourth-order valence-corrected chi connectivity index (χ4v) is 3.54. The molecule has 1 aromatic rings. The Morgan fingerprint density at radius 1 is 1.10 bits per heavy atom. The lowest BCUT2D eigenvalue weighted by molar-refractivity contribution is -0.0206. The zero-order valence-corrected chi connectivity index (χ0v) is 18.0. The average Bonchev–Trinajstić information content (AvgIpc) is 3.01. The minimum Gasteiger partial charge on any atom is -0.485 e. The summed E-state index contributed by atoms with van der Waals surface area (Å²) in [6.45, 7) is 12.1. The SMILES string of the molecule is CC(C)(C)OC(=O)O[C@H]1C=C[C@@H](Oc2ccc(F)c3c2C(C(C)(C)C)=NCC3)C1. The summed E-state index contributed by atoms with van der Waals surface area (Å²) < 4.78 is 31.2. The van der Waals surface area contributed by atoms with Gasteiger partial charge in [-0.2, -0.15) is 0 Å². The van der Waals surface area contributed by atoms with Crippen LogP contribution in [0.15, 0.2) is 29.3 Å². The van der Waals surface area contributed by atoms with Gasteiger partial charge in [0, 0.05) is 29.5 Å². The molecule has 0 spiro atoms. The number of hydrogen-bond donors (Lipinski definition) is 0. The van der Waals surface area contributed by atoms with Crippen molar-refractivity contribution in [2.45, 2.75) is 72.2 Å². The number of benzene rings is 1. The summed E-state index contributed by atoms with van der Waals surface area (Å²) >= 11 is 0. The van der Waals surface area contributed by atoms with Gasteiger partial charge in [0.05, 0.1) is 5.71 Å². The van der Waals surface area contributed by atoms with Gasteiger partial charge in [-0.05, 0) is 51.5 Å². The van der Waals surface area contributed by atoms with E-state index in [0.717, 1.165) is 11.3 Å². The highest BCUT2D eigenvalue weighted by Gasteiger charge is 2.32. The van der Waals surface area contributed by atoms with Gasteiger partial charge in [0.15, 0.2) is 0 Å². The molecule has 1 aliphatic heterocycles. The van der Waals surface area contributed by atoms with Crippen LogP contribution < -0.4 is 4.74 Å². The largest absolute Gasteiger partial charge is 0.509 e. The van der Waals surface area contributed by atoms with E-state index in [1.807, 2.05) is 6.08 Å². The van der Waals surface area contributed by atoms with Crippen LogP contribution in [-0.4, -0.2) is 36.2 Å². The molecule has 0 radical (unpaired) electrons. The number of hydrogen-bond acceptors (Lipinski definition) is 5. The molecule has 29 heavy (non-hydrogen) atoms. The van der Waals surface area contributed by atoms with E-state index in [9.17, 15) is 9.18 Å². The van der Waals surface area contributed by atoms with Crippen molar-refractivity contribution in [1.82, 2.24) is 0 Å². The lowest BCUT2D eigenvalue weighted by Gasteiger charge is -2.29. The van der Waals surface area contributed by atoms with Crippen LogP contribution in [0.1, 0.15) is 59.1 Å². The summed E-state index contributed by atoms with van der Waals surface area (Å²) in [6.07, 6.45) is 3.30. The minimum absolute atomic E-state index is 0.225. The highest BCUT2D eigenvalue weighted by Crippen LogP contribution is 2.36. The molecule has 5 nitrogen and oxygen atoms in total. The molecule has 0 amide bonds. The monoisotopic (exact) mass is 403 g/mol. The topological polar surface area (TPSA) is 57.1 Å². The molecule has 0 saturated carbocycles. The number of ether oxygens (including phenoxy) is 3. The van der Waals surface area contributed by atoms with Crippen molar-refractivity contribution in [3.05, 3.63) is 41.2 Å². The van der Waals surface area contributed by atoms with Crippen molar-refractivity contribution in [3.8, 4) is 5.75 Å². The van der Waals surface area contributed by atoms with Crippen molar-refractivity contribution in [2.75, 3.05) is 6.54 Å². The van der Waals surface area contributed by atoms with Crippen LogP contribution in [0.5, 0.6) is 5.75 Å². The molecule has 0 saturated heterocycles. The molecule has 3 rings (SSSR count). The molecular weight excluding hydrogens is 373 g/mol. The molecule has 2 aliphatic rings. The van der Waals surface area contributed by atoms with Crippen molar-refractivity contribution in [3.63, 3.8) is 0 Å². The first-order valence-corrected chi connectivity index (χ1v) is 10.1. The van der Waals surface area contributed by atoms with Gasteiger partial charge in [-0.15, -0.1) is 0 Å². The van der Waals surface area contributed by atoms with E-state index in [1.54, 1.807) is 32.9 Å². The molecule has 158 valence electrons. The van der Waals surface area contributed by atoms with E-state index in [4.69, 9.17) is 14.2 Å². The van der Waals surface area contributed by atoms with E-state index in [1.165, 1.54) is 6.07 Å². The third-order valence-corrected chi connectivity index (χ3v) is 4.72. The number of rotatable bonds is 3. The van der Waals surface area contributed by atoms with E-state index in [0.29, 0.717) is 30.7 Å². The van der Waals surface area contributed by atoms with Gasteiger partial charge in [0.25, 0.3) is 0 Å². The van der Waals surface area contributed by atoms with Gasteiger partial charge in [-0.25, -0.2) is 9.18 Å². The van der Waals surface area contributed by atoms with Crippen LogP contribution in [-0.2, 0) is 15.9 Å². The molecule has 0 bridgehead atoms. The molecule has 2 atom stereocenters. The first-order valence-electron chi connectivity index (χ1n) is 10.1. The van der Waals surface area contributed by atoms with Gasteiger partial charge < -0.3 is 14.2 Å². The Morgan fingerprint density at radius 3 is 2.45 bits per heavy atom. The Bertz CT molecular complexity index is 846. The van der Waals surface area contributed by atoms with Crippen molar-refractivity contribution >= 4 is 11.9 Å². The Morgan fingerprint density at radius 2 is 1.79 bits per heavy atom. The van der Waals surface area contributed by atoms with Crippen molar-refractivity contribution in [1.29, 1.82) is 0 Å². The third-order valence-electron chi connectivity index (χ3n) is 4.72. The molecule has 1 aliphatic carbocycles. The fraction of sp³-hybridized carbons (Fsp3) is 0.565. The second kappa shape index (κ2) is 7.81. The lowest BCUT2D eigenvalue weighted by Crippen LogP contribution is -2.29. The van der Waals surface area contributed by atoms with E-state index < -0.39 is 17.9 Å². The Hall–Kier alpha value is -2.37. The maximum Gasteiger partial charge on any atom is 0.509 e. The second-order valence-corrected chi connectivity index (χ2v) is 9.53. The molecule has 1 heterocycles. The molecule has 0 unspecified atom stereocenters. The smallest absolute Gasteiger partial charge is 0.485 e. The van der Waals surface area contributed by atoms with Gasteiger partial charge >= 0.3 is 6.16 Å². The van der Waals surface area contributed by atoms with Gasteiger partial charge in [-0.3, -0.25) is 4.99 Å². The Balaban J connectivity index is 1.74. The first-order chi connectivity index (χ1) is 13.4. The Labute approximate surface area is 171 Å². The van der Waals surface area contributed by atoms with E-state index in [-0.39, 0.29) is 17.3 Å². The maximum atomic E-state index is 14.5. The van der Waals surface area contributed by atoms with Gasteiger partial charge in [0.2, 0.25) is 0 Å². The number of carbonyl (C=O) groups is 1. The number of halogens is 1. The molecule has 0 N–H and O–H groups in total. The zero-order chi connectivity index (χ0) is 21.4. The predicted molar refractivity (Wildman–Crippen MR) is 110 cm³/mol. The lowest BCUT2D eigenvalue weighted by atomic mass is 9.81. The quantitative estimate of drug-likeness (QED) is 0.511. The van der Waals surface area contributed by atoms with Crippen LogP contribution in [0.4, 0.5) is 9.18 Å². The molecule has 0 aromatic heterocycles. The summed E-state index contributed by atoms with van der Waals surface area (Å²) in [6, 6.07) is 3.11. The second-order valence-electron chi connectivity index (χ2n) is 9.53. The van der Waals surface area contributed by atoms with Crippen LogP contribution in [0.3, 0.4) is 0 Å². The summed E-state index contributed by atoms with van der Waals surface area (Å²) in [4.78, 5) is 16.6. The average molecular weight is 403 g/mol. The third kappa shape index (κ3) is 5.17. The van der Waals surface area contributed by atoms with Crippen LogP contribution in [0.2, 0.25) is 0 Å².